The molecule has 0 atom stereocenters. The van der Waals surface area contributed by atoms with Crippen LogP contribution in [0.15, 0.2) is 36.5 Å². The number of rotatable bonds is 5. The van der Waals surface area contributed by atoms with Gasteiger partial charge in [0.25, 0.3) is 0 Å². The van der Waals surface area contributed by atoms with Gasteiger partial charge in [0.1, 0.15) is 11.4 Å². The normalized spacial score (nSPS) is 10.2. The fourth-order valence-corrected chi connectivity index (χ4v) is 1.97. The second-order valence-electron chi connectivity index (χ2n) is 4.68. The van der Waals surface area contributed by atoms with Crippen molar-refractivity contribution in [3.63, 3.8) is 0 Å². The van der Waals surface area contributed by atoms with Crippen LogP contribution in [0, 0.1) is 0 Å². The Labute approximate surface area is 124 Å². The first-order valence-electron chi connectivity index (χ1n) is 6.79. The molecule has 0 unspecified atom stereocenters. The number of hydrogen-bond acceptors (Lipinski definition) is 5. The number of methoxy groups -OCH3 is 1. The van der Waals surface area contributed by atoms with Crippen molar-refractivity contribution in [3.05, 3.63) is 53.2 Å². The highest BCUT2D eigenvalue weighted by Crippen LogP contribution is 2.17. The second kappa shape index (κ2) is 6.74. The number of carbonyl (C=O) groups excluding carboxylic acids is 1. The van der Waals surface area contributed by atoms with Crippen LogP contribution in [0.5, 0.6) is 0 Å². The van der Waals surface area contributed by atoms with E-state index in [9.17, 15) is 4.79 Å². The number of esters is 1. The molecule has 5 nitrogen and oxygen atoms in total. The number of ether oxygens (including phenoxy) is 1. The van der Waals surface area contributed by atoms with Crippen LogP contribution in [0.1, 0.15) is 28.4 Å². The third kappa shape index (κ3) is 3.72. The Morgan fingerprint density at radius 1 is 1.29 bits per heavy atom. The van der Waals surface area contributed by atoms with Crippen molar-refractivity contribution < 1.29 is 9.53 Å². The van der Waals surface area contributed by atoms with Crippen molar-refractivity contribution in [1.29, 1.82) is 0 Å². The number of nitrogens with zero attached hydrogens (tertiary/aromatic N) is 1. The Kier molecular flexibility index (Phi) is 4.77. The first kappa shape index (κ1) is 14.8. The molecule has 1 aromatic heterocycles. The van der Waals surface area contributed by atoms with Gasteiger partial charge >= 0.3 is 5.97 Å². The maximum Gasteiger partial charge on any atom is 0.341 e. The molecule has 3 N–H and O–H groups in total. The summed E-state index contributed by atoms with van der Waals surface area (Å²) in [4.78, 5) is 15.9. The summed E-state index contributed by atoms with van der Waals surface area (Å²) in [6, 6.07) is 9.85. The maximum absolute atomic E-state index is 11.7. The van der Waals surface area contributed by atoms with Gasteiger partial charge in [-0.05, 0) is 23.6 Å². The van der Waals surface area contributed by atoms with Crippen molar-refractivity contribution in [2.45, 2.75) is 19.9 Å². The molecule has 0 bridgehead atoms. The molecule has 110 valence electrons. The van der Waals surface area contributed by atoms with Crippen LogP contribution in [-0.4, -0.2) is 18.1 Å². The SMILES string of the molecule is CCc1ccc(CNc2ncc(N)cc2C(=O)OC)cc1. The number of benzene rings is 1. The van der Waals surface area contributed by atoms with E-state index >= 15 is 0 Å². The average molecular weight is 285 g/mol. The van der Waals surface area contributed by atoms with Gasteiger partial charge in [-0.2, -0.15) is 0 Å². The number of carbonyl (C=O) groups is 1. The summed E-state index contributed by atoms with van der Waals surface area (Å²) in [5.41, 5.74) is 8.83. The fourth-order valence-electron chi connectivity index (χ4n) is 1.97. The minimum absolute atomic E-state index is 0.336. The first-order valence-corrected chi connectivity index (χ1v) is 6.79. The first-order chi connectivity index (χ1) is 10.1. The summed E-state index contributed by atoms with van der Waals surface area (Å²) in [6.07, 6.45) is 2.52. The summed E-state index contributed by atoms with van der Waals surface area (Å²) in [5, 5.41) is 3.14. The van der Waals surface area contributed by atoms with E-state index in [4.69, 9.17) is 10.5 Å². The molecule has 2 rings (SSSR count). The zero-order chi connectivity index (χ0) is 15.2. The molecule has 0 spiro atoms. The van der Waals surface area contributed by atoms with Gasteiger partial charge in [-0.3, -0.25) is 0 Å². The van der Waals surface area contributed by atoms with E-state index in [2.05, 4.69) is 41.5 Å². The molecule has 0 amide bonds. The number of hydrogen-bond donors (Lipinski definition) is 2. The number of anilines is 2. The number of nitrogen functional groups attached to an aromatic ring is 1. The van der Waals surface area contributed by atoms with Crippen LogP contribution in [0.3, 0.4) is 0 Å². The number of nitrogens with one attached hydrogen (secondary N) is 1. The lowest BCUT2D eigenvalue weighted by Gasteiger charge is -2.10. The Balaban J connectivity index is 2.13. The van der Waals surface area contributed by atoms with Gasteiger partial charge in [0.15, 0.2) is 0 Å². The summed E-state index contributed by atoms with van der Waals surface area (Å²) in [6.45, 7) is 2.69. The lowest BCUT2D eigenvalue weighted by atomic mass is 10.1. The lowest BCUT2D eigenvalue weighted by molar-refractivity contribution is 0.0601. The topological polar surface area (TPSA) is 77.2 Å². The van der Waals surface area contributed by atoms with Gasteiger partial charge in [0.05, 0.1) is 19.0 Å². The zero-order valence-electron chi connectivity index (χ0n) is 12.2. The van der Waals surface area contributed by atoms with Gasteiger partial charge in [0.2, 0.25) is 0 Å². The molecule has 1 heterocycles. The molecule has 0 saturated heterocycles. The van der Waals surface area contributed by atoms with Crippen LogP contribution in [-0.2, 0) is 17.7 Å². The van der Waals surface area contributed by atoms with E-state index in [1.165, 1.54) is 18.9 Å². The fraction of sp³-hybridized carbons (Fsp3) is 0.250. The minimum Gasteiger partial charge on any atom is -0.465 e. The Bertz CT molecular complexity index is 624. The number of aromatic nitrogens is 1. The van der Waals surface area contributed by atoms with Crippen molar-refractivity contribution in [1.82, 2.24) is 4.98 Å². The zero-order valence-corrected chi connectivity index (χ0v) is 12.2. The molecule has 0 aliphatic rings. The predicted octanol–water partition coefficient (Wildman–Crippen LogP) is 2.62. The van der Waals surface area contributed by atoms with Crippen LogP contribution in [0.2, 0.25) is 0 Å². The van der Waals surface area contributed by atoms with Crippen LogP contribution in [0.25, 0.3) is 0 Å². The van der Waals surface area contributed by atoms with Crippen molar-refractivity contribution in [2.24, 2.45) is 0 Å². The van der Waals surface area contributed by atoms with Gasteiger partial charge in [-0.25, -0.2) is 9.78 Å². The Morgan fingerprint density at radius 3 is 2.57 bits per heavy atom. The summed E-state index contributed by atoms with van der Waals surface area (Å²) in [5.74, 6) is 0.00856. The average Bonchev–Trinajstić information content (AvgIpc) is 2.53. The quantitative estimate of drug-likeness (QED) is 0.826. The standard InChI is InChI=1S/C16H19N3O2/c1-3-11-4-6-12(7-5-11)9-18-15-14(16(20)21-2)8-13(17)10-19-15/h4-8,10H,3,9,17H2,1-2H3,(H,18,19). The third-order valence-corrected chi connectivity index (χ3v) is 3.21. The molecular formula is C16H19N3O2. The Hall–Kier alpha value is -2.56. The molecule has 0 aliphatic heterocycles. The number of pyridine rings is 1. The van der Waals surface area contributed by atoms with Crippen LogP contribution >= 0.6 is 0 Å². The summed E-state index contributed by atoms with van der Waals surface area (Å²) >= 11 is 0. The summed E-state index contributed by atoms with van der Waals surface area (Å²) in [7, 11) is 1.33. The summed E-state index contributed by atoms with van der Waals surface area (Å²) < 4.78 is 4.74. The highest BCUT2D eigenvalue weighted by Gasteiger charge is 2.13. The lowest BCUT2D eigenvalue weighted by Crippen LogP contribution is -2.10. The molecule has 0 radical (unpaired) electrons. The largest absolute Gasteiger partial charge is 0.465 e. The van der Waals surface area contributed by atoms with E-state index in [0.29, 0.717) is 23.6 Å². The Morgan fingerprint density at radius 2 is 1.95 bits per heavy atom. The smallest absolute Gasteiger partial charge is 0.341 e. The van der Waals surface area contributed by atoms with Crippen molar-refractivity contribution in [2.75, 3.05) is 18.2 Å². The molecule has 0 aliphatic carbocycles. The van der Waals surface area contributed by atoms with Gasteiger partial charge in [-0.1, -0.05) is 31.2 Å². The number of aryl methyl sites for hydroxylation is 1. The van der Waals surface area contributed by atoms with Crippen LogP contribution < -0.4 is 11.1 Å². The van der Waals surface area contributed by atoms with Gasteiger partial charge < -0.3 is 15.8 Å². The predicted molar refractivity (Wildman–Crippen MR) is 83.1 cm³/mol. The van der Waals surface area contributed by atoms with Crippen LogP contribution in [0.4, 0.5) is 11.5 Å². The molecule has 1 aromatic carbocycles. The van der Waals surface area contributed by atoms with Gasteiger partial charge in [-0.15, -0.1) is 0 Å². The minimum atomic E-state index is -0.460. The third-order valence-electron chi connectivity index (χ3n) is 3.21. The molecule has 0 fully saturated rings. The van der Waals surface area contributed by atoms with Gasteiger partial charge in [0, 0.05) is 6.54 Å². The highest BCUT2D eigenvalue weighted by molar-refractivity contribution is 5.95. The maximum atomic E-state index is 11.7. The van der Waals surface area contributed by atoms with E-state index in [0.717, 1.165) is 12.0 Å². The molecule has 0 saturated carbocycles. The monoisotopic (exact) mass is 285 g/mol. The second-order valence-corrected chi connectivity index (χ2v) is 4.68. The van der Waals surface area contributed by atoms with Crippen molar-refractivity contribution >= 4 is 17.5 Å². The molecule has 5 heteroatoms. The van der Waals surface area contributed by atoms with E-state index in [-0.39, 0.29) is 0 Å². The van der Waals surface area contributed by atoms with Crippen molar-refractivity contribution in [3.8, 4) is 0 Å². The molecule has 21 heavy (non-hydrogen) atoms. The molecule has 2 aromatic rings. The number of nitrogens with two attached hydrogens (primary N) is 1. The van der Waals surface area contributed by atoms with E-state index < -0.39 is 5.97 Å². The van der Waals surface area contributed by atoms with E-state index in [1.807, 2.05) is 0 Å². The molecular weight excluding hydrogens is 266 g/mol. The van der Waals surface area contributed by atoms with E-state index in [1.54, 1.807) is 6.07 Å². The highest BCUT2D eigenvalue weighted by atomic mass is 16.5.